The van der Waals surface area contributed by atoms with E-state index in [4.69, 9.17) is 0 Å². The number of carbonyl (C=O) groups excluding carboxylic acids is 1. The van der Waals surface area contributed by atoms with Crippen molar-refractivity contribution >= 4 is 29.1 Å². The first-order valence-electron chi connectivity index (χ1n) is 8.42. The van der Waals surface area contributed by atoms with Crippen LogP contribution in [0.25, 0.3) is 5.65 Å². The summed E-state index contributed by atoms with van der Waals surface area (Å²) in [5.74, 6) is 1.77. The summed E-state index contributed by atoms with van der Waals surface area (Å²) in [5.41, 5.74) is 0.610. The van der Waals surface area contributed by atoms with Gasteiger partial charge in [-0.2, -0.15) is 11.8 Å². The number of aliphatic hydroxyl groups excluding tert-OH is 1. The quantitative estimate of drug-likeness (QED) is 0.704. The van der Waals surface area contributed by atoms with E-state index in [1.54, 1.807) is 11.8 Å². The van der Waals surface area contributed by atoms with E-state index in [2.05, 4.69) is 30.8 Å². The molecular weight excluding hydrogens is 342 g/mol. The van der Waals surface area contributed by atoms with Crippen molar-refractivity contribution in [3.05, 3.63) is 12.1 Å². The molecule has 0 aromatic carbocycles. The predicted octanol–water partition coefficient (Wildman–Crippen LogP) is -0.0341. The fourth-order valence-electron chi connectivity index (χ4n) is 2.97. The Morgan fingerprint density at radius 2 is 2.24 bits per heavy atom. The smallest absolute Gasteiger partial charge is 0.223 e. The molecule has 3 heterocycles. The summed E-state index contributed by atoms with van der Waals surface area (Å²) < 4.78 is 1.41. The van der Waals surface area contributed by atoms with Crippen LogP contribution in [-0.2, 0) is 4.79 Å². The second-order valence-corrected chi connectivity index (χ2v) is 7.13. The first-order valence-corrected chi connectivity index (χ1v) is 9.81. The van der Waals surface area contributed by atoms with E-state index in [0.29, 0.717) is 5.65 Å². The SMILES string of the molecule is CSCCC(CO)NC(=O)C1CCN(c2ccc3nnnn3n2)CC1. The molecule has 1 atom stereocenters. The molecule has 1 amide bonds. The lowest BCUT2D eigenvalue weighted by Crippen LogP contribution is -2.45. The number of piperidine rings is 1. The van der Waals surface area contributed by atoms with Crippen molar-refractivity contribution in [2.75, 3.05) is 36.6 Å². The number of hydrogen-bond acceptors (Lipinski definition) is 8. The molecule has 2 N–H and O–H groups in total. The fraction of sp³-hybridized carbons (Fsp3) is 0.667. The molecule has 0 aliphatic carbocycles. The van der Waals surface area contributed by atoms with Crippen molar-refractivity contribution in [1.29, 1.82) is 0 Å². The number of tetrazole rings is 1. The first kappa shape index (κ1) is 17.9. The van der Waals surface area contributed by atoms with E-state index >= 15 is 0 Å². The van der Waals surface area contributed by atoms with Crippen molar-refractivity contribution in [2.45, 2.75) is 25.3 Å². The molecule has 25 heavy (non-hydrogen) atoms. The molecule has 0 saturated carbocycles. The van der Waals surface area contributed by atoms with Crippen LogP contribution in [0, 0.1) is 5.92 Å². The van der Waals surface area contributed by atoms with E-state index in [1.165, 1.54) is 4.63 Å². The highest BCUT2D eigenvalue weighted by Gasteiger charge is 2.27. The van der Waals surface area contributed by atoms with Gasteiger partial charge in [-0.15, -0.1) is 14.8 Å². The summed E-state index contributed by atoms with van der Waals surface area (Å²) in [6.07, 6.45) is 4.34. The number of aromatic nitrogens is 5. The van der Waals surface area contributed by atoms with E-state index in [9.17, 15) is 9.90 Å². The maximum absolute atomic E-state index is 12.4. The highest BCUT2D eigenvalue weighted by molar-refractivity contribution is 7.98. The molecule has 1 fully saturated rings. The normalized spacial score (nSPS) is 17.0. The topological polar surface area (TPSA) is 109 Å². The number of amides is 1. The van der Waals surface area contributed by atoms with Gasteiger partial charge in [0.25, 0.3) is 0 Å². The molecule has 1 aliphatic rings. The Hall–Kier alpha value is -1.94. The summed E-state index contributed by atoms with van der Waals surface area (Å²) in [6.45, 7) is 1.50. The van der Waals surface area contributed by atoms with Crippen LogP contribution in [0.2, 0.25) is 0 Å². The summed E-state index contributed by atoms with van der Waals surface area (Å²) in [7, 11) is 0. The van der Waals surface area contributed by atoms with E-state index in [-0.39, 0.29) is 24.5 Å². The van der Waals surface area contributed by atoms with Crippen molar-refractivity contribution in [3.63, 3.8) is 0 Å². The Kier molecular flexibility index (Phi) is 6.03. The van der Waals surface area contributed by atoms with Gasteiger partial charge in [0.1, 0.15) is 0 Å². The highest BCUT2D eigenvalue weighted by Crippen LogP contribution is 2.22. The van der Waals surface area contributed by atoms with Gasteiger partial charge in [-0.05, 0) is 53.8 Å². The summed E-state index contributed by atoms with van der Waals surface area (Å²) in [5, 5.41) is 28.0. The number of thioether (sulfide) groups is 1. The van der Waals surface area contributed by atoms with Gasteiger partial charge < -0.3 is 15.3 Å². The number of anilines is 1. The molecule has 0 spiro atoms. The van der Waals surface area contributed by atoms with E-state index < -0.39 is 0 Å². The molecule has 10 heteroatoms. The minimum atomic E-state index is -0.151. The number of hydrogen-bond donors (Lipinski definition) is 2. The standard InChI is InChI=1S/C15H23N7O2S/c1-25-9-6-12(10-23)16-15(24)11-4-7-21(8-5-11)14-3-2-13-17-19-20-22(13)18-14/h2-3,11-12,23H,4-10H2,1H3,(H,16,24). The van der Waals surface area contributed by atoms with Crippen LogP contribution in [0.4, 0.5) is 5.82 Å². The zero-order chi connectivity index (χ0) is 17.6. The van der Waals surface area contributed by atoms with Crippen LogP contribution < -0.4 is 10.2 Å². The molecule has 1 aliphatic heterocycles. The van der Waals surface area contributed by atoms with Gasteiger partial charge in [0.15, 0.2) is 11.5 Å². The number of nitrogens with zero attached hydrogens (tertiary/aromatic N) is 6. The van der Waals surface area contributed by atoms with Crippen LogP contribution >= 0.6 is 11.8 Å². The van der Waals surface area contributed by atoms with Crippen molar-refractivity contribution < 1.29 is 9.90 Å². The summed E-state index contributed by atoms with van der Waals surface area (Å²) in [6, 6.07) is 3.58. The van der Waals surface area contributed by atoms with Crippen molar-refractivity contribution in [3.8, 4) is 0 Å². The molecule has 0 radical (unpaired) electrons. The number of rotatable bonds is 7. The number of fused-ring (bicyclic) bond motifs is 1. The van der Waals surface area contributed by atoms with Gasteiger partial charge in [0, 0.05) is 19.0 Å². The maximum Gasteiger partial charge on any atom is 0.223 e. The molecular formula is C15H23N7O2S. The lowest BCUT2D eigenvalue weighted by atomic mass is 9.95. The molecule has 9 nitrogen and oxygen atoms in total. The monoisotopic (exact) mass is 365 g/mol. The molecule has 0 bridgehead atoms. The van der Waals surface area contributed by atoms with Gasteiger partial charge in [0.05, 0.1) is 12.6 Å². The van der Waals surface area contributed by atoms with Gasteiger partial charge in [-0.1, -0.05) is 0 Å². The average Bonchev–Trinajstić information content (AvgIpc) is 3.12. The van der Waals surface area contributed by atoms with Crippen LogP contribution in [0.5, 0.6) is 0 Å². The molecule has 1 saturated heterocycles. The Bertz CT molecular complexity index is 702. The average molecular weight is 365 g/mol. The summed E-state index contributed by atoms with van der Waals surface area (Å²) >= 11 is 1.72. The summed E-state index contributed by atoms with van der Waals surface area (Å²) in [4.78, 5) is 14.6. The van der Waals surface area contributed by atoms with Crippen LogP contribution in [-0.4, -0.2) is 74.0 Å². The van der Waals surface area contributed by atoms with Crippen LogP contribution in [0.15, 0.2) is 12.1 Å². The second kappa shape index (κ2) is 8.43. The van der Waals surface area contributed by atoms with E-state index in [1.807, 2.05) is 18.4 Å². The van der Waals surface area contributed by atoms with Gasteiger partial charge in [-0.3, -0.25) is 4.79 Å². The maximum atomic E-state index is 12.4. The lowest BCUT2D eigenvalue weighted by molar-refractivity contribution is -0.126. The Labute approximate surface area is 150 Å². The van der Waals surface area contributed by atoms with Crippen LogP contribution in [0.3, 0.4) is 0 Å². The van der Waals surface area contributed by atoms with Crippen LogP contribution in [0.1, 0.15) is 19.3 Å². The zero-order valence-corrected chi connectivity index (χ0v) is 15.0. The largest absolute Gasteiger partial charge is 0.394 e. The molecule has 3 rings (SSSR count). The van der Waals surface area contributed by atoms with Crippen molar-refractivity contribution in [1.82, 2.24) is 30.6 Å². The van der Waals surface area contributed by atoms with Gasteiger partial charge in [0.2, 0.25) is 5.91 Å². The Morgan fingerprint density at radius 1 is 1.44 bits per heavy atom. The van der Waals surface area contributed by atoms with Crippen molar-refractivity contribution in [2.24, 2.45) is 5.92 Å². The zero-order valence-electron chi connectivity index (χ0n) is 14.2. The second-order valence-electron chi connectivity index (χ2n) is 6.15. The molecule has 2 aromatic rings. The highest BCUT2D eigenvalue weighted by atomic mass is 32.2. The molecule has 1 unspecified atom stereocenters. The van der Waals surface area contributed by atoms with Gasteiger partial charge >= 0.3 is 0 Å². The minimum absolute atomic E-state index is 0.0129. The molecule has 2 aromatic heterocycles. The number of nitrogens with one attached hydrogen (secondary N) is 1. The predicted molar refractivity (Wildman–Crippen MR) is 95.5 cm³/mol. The fourth-order valence-corrected chi connectivity index (χ4v) is 3.49. The third-order valence-electron chi connectivity index (χ3n) is 4.48. The third-order valence-corrected chi connectivity index (χ3v) is 5.13. The third kappa shape index (κ3) is 4.37. The Balaban J connectivity index is 1.53. The minimum Gasteiger partial charge on any atom is -0.394 e. The number of carbonyl (C=O) groups is 1. The first-order chi connectivity index (χ1) is 12.2. The lowest BCUT2D eigenvalue weighted by Gasteiger charge is -2.32. The van der Waals surface area contributed by atoms with E-state index in [0.717, 1.165) is 43.9 Å². The number of aliphatic hydroxyl groups is 1. The van der Waals surface area contributed by atoms with Gasteiger partial charge in [-0.25, -0.2) is 0 Å². The molecule has 136 valence electrons. The Morgan fingerprint density at radius 3 is 2.96 bits per heavy atom.